The molecule has 0 radical (unpaired) electrons. The summed E-state index contributed by atoms with van der Waals surface area (Å²) in [5, 5.41) is 0.494. The molecule has 2 amide bonds. The van der Waals surface area contributed by atoms with Crippen molar-refractivity contribution >= 4 is 22.9 Å². The van der Waals surface area contributed by atoms with Crippen LogP contribution >= 0.6 is 0 Å². The van der Waals surface area contributed by atoms with Gasteiger partial charge in [0, 0.05) is 62.1 Å². The zero-order chi connectivity index (χ0) is 27.2. The molecule has 0 bridgehead atoms. The maximum atomic E-state index is 14.7. The monoisotopic (exact) mass is 522 g/mol. The number of benzene rings is 1. The molecule has 9 heteroatoms. The molecule has 0 spiro atoms. The Balaban J connectivity index is 1.47. The van der Waals surface area contributed by atoms with Gasteiger partial charge >= 0.3 is 6.09 Å². The Morgan fingerprint density at radius 1 is 1.18 bits per heavy atom. The summed E-state index contributed by atoms with van der Waals surface area (Å²) in [5.41, 5.74) is 1.41. The number of carbonyl (C=O) groups is 2. The van der Waals surface area contributed by atoms with Crippen molar-refractivity contribution in [3.05, 3.63) is 70.0 Å². The summed E-state index contributed by atoms with van der Waals surface area (Å²) in [6.07, 6.45) is 5.33. The molecule has 1 saturated carbocycles. The first-order valence-corrected chi connectivity index (χ1v) is 13.2. The second kappa shape index (κ2) is 9.93. The molecule has 38 heavy (non-hydrogen) atoms. The first kappa shape index (κ1) is 26.0. The van der Waals surface area contributed by atoms with E-state index in [-0.39, 0.29) is 42.3 Å². The molecule has 2 fully saturated rings. The molecule has 3 aromatic rings. The lowest BCUT2D eigenvalue weighted by molar-refractivity contribution is -0.139. The summed E-state index contributed by atoms with van der Waals surface area (Å²) >= 11 is 0. The number of amides is 2. The van der Waals surface area contributed by atoms with Crippen LogP contribution in [0.2, 0.25) is 0 Å². The Kier molecular flexibility index (Phi) is 6.79. The number of carbonyl (C=O) groups excluding carboxylic acids is 2. The highest BCUT2D eigenvalue weighted by molar-refractivity contribution is 5.86. The Bertz CT molecular complexity index is 1420. The highest BCUT2D eigenvalue weighted by atomic mass is 19.1. The Morgan fingerprint density at radius 2 is 1.95 bits per heavy atom. The van der Waals surface area contributed by atoms with E-state index in [2.05, 4.69) is 4.98 Å². The molecule has 1 aliphatic heterocycles. The summed E-state index contributed by atoms with van der Waals surface area (Å²) in [4.78, 5) is 46.2. The van der Waals surface area contributed by atoms with Gasteiger partial charge in [-0.25, -0.2) is 9.18 Å². The van der Waals surface area contributed by atoms with Gasteiger partial charge in [-0.3, -0.25) is 9.59 Å². The number of rotatable bonds is 5. The molecular weight excluding hydrogens is 487 g/mol. The quantitative estimate of drug-likeness (QED) is 0.533. The maximum absolute atomic E-state index is 14.7. The third kappa shape index (κ3) is 5.33. The number of fused-ring (bicyclic) bond motifs is 1. The Labute approximate surface area is 221 Å². The van der Waals surface area contributed by atoms with Gasteiger partial charge in [-0.05, 0) is 75.3 Å². The smallest absolute Gasteiger partial charge is 0.410 e. The number of pyridine rings is 1. The Morgan fingerprint density at radius 3 is 2.63 bits per heavy atom. The predicted molar refractivity (Wildman–Crippen MR) is 142 cm³/mol. The van der Waals surface area contributed by atoms with Crippen LogP contribution in [-0.4, -0.2) is 56.1 Å². The van der Waals surface area contributed by atoms with Gasteiger partial charge in [0.2, 0.25) is 5.91 Å². The fourth-order valence-corrected chi connectivity index (χ4v) is 5.39. The van der Waals surface area contributed by atoms with Gasteiger partial charge in [-0.1, -0.05) is 6.07 Å². The van der Waals surface area contributed by atoms with Crippen molar-refractivity contribution in [1.29, 1.82) is 0 Å². The predicted octanol–water partition coefficient (Wildman–Crippen LogP) is 4.54. The van der Waals surface area contributed by atoms with E-state index in [0.717, 1.165) is 24.0 Å². The lowest BCUT2D eigenvalue weighted by Gasteiger charge is -2.40. The summed E-state index contributed by atoms with van der Waals surface area (Å²) in [7, 11) is 1.69. The topological polar surface area (TPSA) is 87.6 Å². The van der Waals surface area contributed by atoms with E-state index in [1.54, 1.807) is 36.5 Å². The number of nitrogens with zero attached hydrogens (tertiary/aromatic N) is 3. The number of hydrogen-bond donors (Lipinski definition) is 1. The van der Waals surface area contributed by atoms with E-state index in [1.165, 1.54) is 10.6 Å². The molecule has 2 atom stereocenters. The van der Waals surface area contributed by atoms with Crippen molar-refractivity contribution in [2.24, 2.45) is 13.0 Å². The third-order valence-electron chi connectivity index (χ3n) is 7.49. The summed E-state index contributed by atoms with van der Waals surface area (Å²) < 4.78 is 21.8. The number of nitrogens with one attached hydrogen (secondary N) is 1. The first-order chi connectivity index (χ1) is 18.0. The lowest BCUT2D eigenvalue weighted by Crippen LogP contribution is -2.51. The molecule has 202 valence electrons. The van der Waals surface area contributed by atoms with Crippen LogP contribution in [0.5, 0.6) is 0 Å². The van der Waals surface area contributed by atoms with Gasteiger partial charge in [-0.15, -0.1) is 0 Å². The molecule has 1 aliphatic carbocycles. The average molecular weight is 523 g/mol. The molecule has 0 unspecified atom stereocenters. The fraction of sp³-hybridized carbons (Fsp3) is 0.483. The van der Waals surface area contributed by atoms with E-state index in [0.29, 0.717) is 23.9 Å². The van der Waals surface area contributed by atoms with Crippen LogP contribution in [0.25, 0.3) is 10.9 Å². The van der Waals surface area contributed by atoms with Crippen molar-refractivity contribution in [2.45, 2.75) is 64.1 Å². The van der Waals surface area contributed by atoms with Gasteiger partial charge in [-0.2, -0.15) is 0 Å². The second-order valence-corrected chi connectivity index (χ2v) is 11.5. The SMILES string of the molecule is Cn1ccc([C@H]2CCN(C(=O)OC(C)(C)C)C[C@@H]2C(=O)N(Cc2c[nH]c3cccc(F)c23)C2CC2)cc1=O. The van der Waals surface area contributed by atoms with Crippen molar-refractivity contribution in [3.8, 4) is 0 Å². The zero-order valence-corrected chi connectivity index (χ0v) is 22.4. The van der Waals surface area contributed by atoms with Crippen LogP contribution in [0.1, 0.15) is 57.1 Å². The minimum atomic E-state index is -0.654. The van der Waals surface area contributed by atoms with E-state index in [4.69, 9.17) is 4.74 Å². The molecule has 3 heterocycles. The second-order valence-electron chi connectivity index (χ2n) is 11.5. The van der Waals surface area contributed by atoms with Gasteiger partial charge in [0.25, 0.3) is 5.56 Å². The van der Waals surface area contributed by atoms with E-state index in [1.807, 2.05) is 37.8 Å². The first-order valence-electron chi connectivity index (χ1n) is 13.2. The molecule has 1 N–H and O–H groups in total. The van der Waals surface area contributed by atoms with E-state index >= 15 is 0 Å². The number of ether oxygens (including phenoxy) is 1. The molecule has 1 aromatic carbocycles. The molecule has 2 aliphatic rings. The lowest BCUT2D eigenvalue weighted by atomic mass is 9.79. The number of H-pyrrole nitrogens is 1. The van der Waals surface area contributed by atoms with Crippen LogP contribution in [0, 0.1) is 11.7 Å². The minimum Gasteiger partial charge on any atom is -0.444 e. The number of hydrogen-bond acceptors (Lipinski definition) is 4. The number of aromatic nitrogens is 2. The van der Waals surface area contributed by atoms with Crippen molar-refractivity contribution in [2.75, 3.05) is 13.1 Å². The largest absolute Gasteiger partial charge is 0.444 e. The molecular formula is C29H35FN4O4. The number of likely N-dealkylation sites (tertiary alicyclic amines) is 1. The summed E-state index contributed by atoms with van der Waals surface area (Å²) in [6, 6.07) is 8.44. The molecule has 2 aromatic heterocycles. The minimum absolute atomic E-state index is 0.0698. The number of aryl methyl sites for hydroxylation is 1. The van der Waals surface area contributed by atoms with Crippen LogP contribution in [0.4, 0.5) is 9.18 Å². The van der Waals surface area contributed by atoms with Crippen molar-refractivity contribution < 1.29 is 18.7 Å². The number of piperidine rings is 1. The van der Waals surface area contributed by atoms with Gasteiger partial charge in [0.15, 0.2) is 0 Å². The maximum Gasteiger partial charge on any atom is 0.410 e. The van der Waals surface area contributed by atoms with E-state index < -0.39 is 17.6 Å². The van der Waals surface area contributed by atoms with Crippen LogP contribution in [-0.2, 0) is 23.1 Å². The summed E-state index contributed by atoms with van der Waals surface area (Å²) in [6.45, 7) is 6.34. The average Bonchev–Trinajstić information content (AvgIpc) is 3.62. The van der Waals surface area contributed by atoms with Gasteiger partial charge < -0.3 is 24.1 Å². The highest BCUT2D eigenvalue weighted by Gasteiger charge is 2.43. The van der Waals surface area contributed by atoms with Crippen molar-refractivity contribution in [1.82, 2.24) is 19.4 Å². The third-order valence-corrected chi connectivity index (χ3v) is 7.49. The van der Waals surface area contributed by atoms with E-state index in [9.17, 15) is 18.8 Å². The number of halogens is 1. The van der Waals surface area contributed by atoms with Crippen LogP contribution in [0.3, 0.4) is 0 Å². The Hall–Kier alpha value is -3.62. The molecule has 1 saturated heterocycles. The molecule has 8 nitrogen and oxygen atoms in total. The van der Waals surface area contributed by atoms with Gasteiger partial charge in [0.1, 0.15) is 11.4 Å². The van der Waals surface area contributed by atoms with Crippen molar-refractivity contribution in [3.63, 3.8) is 0 Å². The fourth-order valence-electron chi connectivity index (χ4n) is 5.39. The van der Waals surface area contributed by atoms with Gasteiger partial charge in [0.05, 0.1) is 5.92 Å². The zero-order valence-electron chi connectivity index (χ0n) is 22.4. The van der Waals surface area contributed by atoms with Crippen LogP contribution < -0.4 is 5.56 Å². The van der Waals surface area contributed by atoms with Crippen LogP contribution in [0.15, 0.2) is 47.5 Å². The standard InChI is InChI=1S/C29H35FN4O4/c1-29(2,3)38-28(37)33-13-11-21(18-10-12-32(4)25(35)14-18)22(17-33)27(36)34(20-8-9-20)16-19-15-31-24-7-5-6-23(30)26(19)24/h5-7,10,12,14-15,20-22,31H,8-9,11,13,16-17H2,1-4H3/t21-,22+/m1/s1. The number of aromatic amines is 1. The normalized spacial score (nSPS) is 20.0. The summed E-state index contributed by atoms with van der Waals surface area (Å²) in [5.74, 6) is -1.19. The highest BCUT2D eigenvalue weighted by Crippen LogP contribution is 2.38. The molecule has 5 rings (SSSR count).